The lowest BCUT2D eigenvalue weighted by Crippen LogP contribution is -2.32. The fourth-order valence-corrected chi connectivity index (χ4v) is 12.2. The molecule has 3 aliphatic rings. The van der Waals surface area contributed by atoms with E-state index >= 15 is 0 Å². The highest BCUT2D eigenvalue weighted by atomic mass is 32.2. The molecule has 0 saturated carbocycles. The quantitative estimate of drug-likeness (QED) is 0.0273. The Hall–Kier alpha value is -4.58. The predicted molar refractivity (Wildman–Crippen MR) is 271 cm³/mol. The van der Waals surface area contributed by atoms with Crippen LogP contribution in [0.5, 0.6) is 5.75 Å². The summed E-state index contributed by atoms with van der Waals surface area (Å²) in [5, 5.41) is 0. The maximum Gasteiger partial charge on any atom is 0.330 e. The molecule has 0 amide bonds. The van der Waals surface area contributed by atoms with Gasteiger partial charge < -0.3 is 23.4 Å². The summed E-state index contributed by atoms with van der Waals surface area (Å²) in [5.74, 6) is 1.50. The lowest BCUT2D eigenvalue weighted by molar-refractivity contribution is -0.394. The number of carbonyl (C=O) groups is 1. The molecule has 13 heteroatoms. The van der Waals surface area contributed by atoms with E-state index < -0.39 is 23.1 Å². The highest BCUT2D eigenvalue weighted by molar-refractivity contribution is 7.85. The van der Waals surface area contributed by atoms with E-state index in [-0.39, 0.29) is 29.7 Å². The van der Waals surface area contributed by atoms with Crippen LogP contribution < -0.4 is 9.64 Å². The van der Waals surface area contributed by atoms with Gasteiger partial charge in [0, 0.05) is 47.5 Å². The third kappa shape index (κ3) is 12.2. The summed E-state index contributed by atoms with van der Waals surface area (Å²) < 4.78 is 75.0. The van der Waals surface area contributed by atoms with Crippen molar-refractivity contribution in [2.24, 2.45) is 0 Å². The maximum atomic E-state index is 14.0. The average Bonchev–Trinajstić information content (AvgIpc) is 3.69. The summed E-state index contributed by atoms with van der Waals surface area (Å²) in [6.07, 6.45) is 18.2. The zero-order valence-electron chi connectivity index (χ0n) is 40.9. The second kappa shape index (κ2) is 23.8. The van der Waals surface area contributed by atoms with Gasteiger partial charge in [-0.05, 0) is 165 Å². The minimum absolute atomic E-state index is 0.0888. The molecule has 1 N–H and O–H groups in total. The Morgan fingerprint density at radius 2 is 1.65 bits per heavy atom. The zero-order valence-corrected chi connectivity index (χ0v) is 42.6. The van der Waals surface area contributed by atoms with Crippen LogP contribution in [0.25, 0.3) is 0 Å². The van der Waals surface area contributed by atoms with Gasteiger partial charge in [-0.3, -0.25) is 13.9 Å². The number of rotatable bonds is 26. The van der Waals surface area contributed by atoms with Crippen LogP contribution in [0.1, 0.15) is 128 Å². The highest BCUT2D eigenvalue weighted by Crippen LogP contribution is 2.54. The molecule has 2 heterocycles. The fourth-order valence-electron chi connectivity index (χ4n) is 9.89. The number of benzene rings is 3. The van der Waals surface area contributed by atoms with Crippen LogP contribution in [-0.4, -0.2) is 62.3 Å². The average molecular weight is 967 g/mol. The molecule has 0 fully saturated rings. The molecule has 1 aliphatic carbocycles. The first-order valence-electron chi connectivity index (χ1n) is 24.4. The van der Waals surface area contributed by atoms with Gasteiger partial charge in [-0.1, -0.05) is 55.3 Å². The number of hydrogen-bond acceptors (Lipinski definition) is 9. The van der Waals surface area contributed by atoms with Gasteiger partial charge in [0.25, 0.3) is 16.6 Å². The first-order valence-corrected chi connectivity index (χ1v) is 27.5. The molecular weight excluding hydrogens is 896 g/mol. The second-order valence-corrected chi connectivity index (χ2v) is 21.9. The highest BCUT2D eigenvalue weighted by Gasteiger charge is 2.50. The van der Waals surface area contributed by atoms with Gasteiger partial charge in [-0.2, -0.15) is 13.0 Å². The monoisotopic (exact) mass is 966 g/mol. The molecular formula is C55H71N2O9PS+. The molecule has 0 spiro atoms. The number of allylic oxidation sites excluding steroid dienone is 7. The Labute approximate surface area is 406 Å². The molecule has 3 aromatic carbocycles. The normalized spacial score (nSPS) is 20.8. The van der Waals surface area contributed by atoms with E-state index in [1.165, 1.54) is 34.6 Å². The molecule has 2 atom stereocenters. The molecule has 0 aromatic heterocycles. The number of fused-ring (bicyclic) bond motifs is 2. The van der Waals surface area contributed by atoms with Crippen LogP contribution in [0, 0.1) is 20.4 Å². The van der Waals surface area contributed by atoms with Gasteiger partial charge in [-0.25, -0.2) is 0 Å². The Balaban J connectivity index is 1.50. The van der Waals surface area contributed by atoms with Gasteiger partial charge in [0.05, 0.1) is 36.3 Å². The Morgan fingerprint density at radius 3 is 2.34 bits per heavy atom. The Bertz CT molecular complexity index is 2560. The van der Waals surface area contributed by atoms with Crippen molar-refractivity contribution >= 4 is 41.3 Å². The number of nitrogens with zero attached hydrogens (tertiary/aromatic N) is 2. The molecule has 2 unspecified atom stereocenters. The van der Waals surface area contributed by atoms with Crippen molar-refractivity contribution in [1.82, 2.24) is 0 Å². The Kier molecular flexibility index (Phi) is 18.5. The molecule has 2 aliphatic heterocycles. The van der Waals surface area contributed by atoms with E-state index in [1.807, 2.05) is 37.3 Å². The second-order valence-electron chi connectivity index (χ2n) is 18.3. The van der Waals surface area contributed by atoms with Crippen molar-refractivity contribution in [2.45, 2.75) is 134 Å². The summed E-state index contributed by atoms with van der Waals surface area (Å²) in [5.41, 5.74) is 8.16. The number of para-hydroxylation sites is 1. The SMILES string of the molecule is [CH]CCCC1(C)/C(=C/C=C2\CCCC(/C=C/C3=[N+]([CH]CCC)c4ccc(S(=O)(=O)O)cc4C3(C)CCP(=O)(OCC)OCC)=C2Oc2ccccc2)N(CCCCCOC=O)c2ccc(C)cc21. The van der Waals surface area contributed by atoms with E-state index in [9.17, 15) is 22.3 Å². The first kappa shape index (κ1) is 52.8. The molecule has 0 bridgehead atoms. The van der Waals surface area contributed by atoms with Crippen molar-refractivity contribution in [3.05, 3.63) is 144 Å². The summed E-state index contributed by atoms with van der Waals surface area (Å²) >= 11 is 0. The Morgan fingerprint density at radius 1 is 0.882 bits per heavy atom. The lowest BCUT2D eigenvalue weighted by atomic mass is 9.76. The van der Waals surface area contributed by atoms with Gasteiger partial charge in [0.1, 0.15) is 11.5 Å². The number of aryl methyl sites for hydroxylation is 1. The van der Waals surface area contributed by atoms with Crippen LogP contribution in [0.4, 0.5) is 11.4 Å². The van der Waals surface area contributed by atoms with Crippen molar-refractivity contribution in [3.63, 3.8) is 0 Å². The summed E-state index contributed by atoms with van der Waals surface area (Å²) in [7, 11) is -8.05. The fraction of sp³-hybridized carbons (Fsp3) is 0.455. The molecule has 3 aromatic rings. The number of hydrogen-bond donors (Lipinski definition) is 1. The lowest BCUT2D eigenvalue weighted by Gasteiger charge is -2.31. The number of unbranched alkanes of at least 4 members (excludes halogenated alkanes) is 4. The third-order valence-corrected chi connectivity index (χ3v) is 16.3. The van der Waals surface area contributed by atoms with Gasteiger partial charge in [-0.15, -0.1) is 0 Å². The van der Waals surface area contributed by atoms with Crippen molar-refractivity contribution < 1.29 is 45.4 Å². The number of ether oxygens (including phenoxy) is 2. The summed E-state index contributed by atoms with van der Waals surface area (Å²) in [4.78, 5) is 13.0. The largest absolute Gasteiger partial charge is 0.468 e. The molecule has 3 radical (unpaired) electrons. The number of anilines is 1. The molecule has 365 valence electrons. The minimum Gasteiger partial charge on any atom is -0.468 e. The van der Waals surface area contributed by atoms with E-state index in [2.05, 4.69) is 79.3 Å². The van der Waals surface area contributed by atoms with Crippen molar-refractivity contribution in [2.75, 3.05) is 37.4 Å². The van der Waals surface area contributed by atoms with Crippen LogP contribution >= 0.6 is 7.60 Å². The zero-order chi connectivity index (χ0) is 49.0. The minimum atomic E-state index is -4.53. The molecule has 0 saturated heterocycles. The van der Waals surface area contributed by atoms with E-state index in [0.29, 0.717) is 31.5 Å². The summed E-state index contributed by atoms with van der Waals surface area (Å²) in [6.45, 7) is 22.6. The predicted octanol–water partition coefficient (Wildman–Crippen LogP) is 13.1. The van der Waals surface area contributed by atoms with Gasteiger partial charge >= 0.3 is 7.60 Å². The van der Waals surface area contributed by atoms with E-state index in [4.69, 9.17) is 25.4 Å². The van der Waals surface area contributed by atoms with Crippen LogP contribution in [0.15, 0.2) is 119 Å². The molecule has 11 nitrogen and oxygen atoms in total. The topological polar surface area (TPSA) is 132 Å². The standard InChI is InChI=1S/C55H71N2O9PS/c1-8-12-33-54(6)47-39-42(5)25-29-49(47)57(36-18-15-19-37-63-41-58)51(54)31-26-43-21-20-22-44(53(43)66-45-23-16-14-17-24-45)27-32-52-55(7,34-38-67(59,64-10-3)65-11-4)48-40-46(68(60,61)62)28-30-50(48)56(52)35-13-9-2/h1,14,16-17,23-32,35,39-41H,8-13,15,18-22,33-34,36-38H2,2-7H3,(H,60,61,62)/q+1. The summed E-state index contributed by atoms with van der Waals surface area (Å²) in [6, 6.07) is 21.3. The van der Waals surface area contributed by atoms with Crippen molar-refractivity contribution in [1.29, 1.82) is 0 Å². The molecule has 68 heavy (non-hydrogen) atoms. The third-order valence-electron chi connectivity index (χ3n) is 13.4. The van der Waals surface area contributed by atoms with Crippen molar-refractivity contribution in [3.8, 4) is 5.75 Å². The van der Waals surface area contributed by atoms with Gasteiger partial charge in [0.15, 0.2) is 5.71 Å². The van der Waals surface area contributed by atoms with Crippen LogP contribution in [0.2, 0.25) is 0 Å². The first-order chi connectivity index (χ1) is 32.7. The van der Waals surface area contributed by atoms with E-state index in [0.717, 1.165) is 105 Å². The molecule has 6 rings (SSSR count). The smallest absolute Gasteiger partial charge is 0.330 e. The van der Waals surface area contributed by atoms with Crippen LogP contribution in [-0.2, 0) is 44.1 Å². The van der Waals surface area contributed by atoms with Crippen LogP contribution in [0.3, 0.4) is 0 Å². The van der Waals surface area contributed by atoms with E-state index in [1.54, 1.807) is 19.9 Å². The number of carbonyl (C=O) groups excluding carboxylic acids is 1. The maximum absolute atomic E-state index is 14.0. The van der Waals surface area contributed by atoms with Gasteiger partial charge in [0.2, 0.25) is 12.2 Å².